The van der Waals surface area contributed by atoms with Crippen molar-refractivity contribution in [3.8, 4) is 0 Å². The summed E-state index contributed by atoms with van der Waals surface area (Å²) in [7, 11) is 0. The number of aliphatic hydroxyl groups excluding tert-OH is 1. The molecule has 0 bridgehead atoms. The van der Waals surface area contributed by atoms with E-state index < -0.39 is 0 Å². The summed E-state index contributed by atoms with van der Waals surface area (Å²) in [6.07, 6.45) is 9.36. The van der Waals surface area contributed by atoms with Gasteiger partial charge >= 0.3 is 0 Å². The van der Waals surface area contributed by atoms with Crippen LogP contribution in [0.1, 0.15) is 54.9 Å². The Balaban J connectivity index is 1.54. The molecule has 0 spiro atoms. The fourth-order valence-electron chi connectivity index (χ4n) is 3.47. The number of rotatable bonds is 3. The zero-order valence-corrected chi connectivity index (χ0v) is 12.4. The van der Waals surface area contributed by atoms with E-state index in [-0.39, 0.29) is 18.1 Å². The van der Waals surface area contributed by atoms with Gasteiger partial charge in [-0.25, -0.2) is 9.97 Å². The predicted molar refractivity (Wildman–Crippen MR) is 81.5 cm³/mol. The van der Waals surface area contributed by atoms with Crippen LogP contribution in [-0.2, 0) is 0 Å². The summed E-state index contributed by atoms with van der Waals surface area (Å²) in [5.74, 6) is -0.137. The molecule has 22 heavy (non-hydrogen) atoms. The average Bonchev–Trinajstić information content (AvgIpc) is 3.13. The Hall–Kier alpha value is -1.95. The molecule has 0 unspecified atom stereocenters. The van der Waals surface area contributed by atoms with E-state index in [1.165, 1.54) is 25.7 Å². The standard InChI is InChI=1S/C16H20N4O2/c21-13-6-11(7-13)19-16(22)10-5-14-15(17-8-10)20(9-18-14)12-3-1-2-4-12/h5,8-9,11-13,21H,1-4,6-7H2,(H,19,22). The molecule has 0 saturated heterocycles. The van der Waals surface area contributed by atoms with Gasteiger partial charge in [0.1, 0.15) is 5.52 Å². The number of carbonyl (C=O) groups is 1. The average molecular weight is 300 g/mol. The van der Waals surface area contributed by atoms with Crippen LogP contribution in [0.25, 0.3) is 11.2 Å². The summed E-state index contributed by atoms with van der Waals surface area (Å²) in [6, 6.07) is 2.38. The summed E-state index contributed by atoms with van der Waals surface area (Å²) < 4.78 is 2.15. The molecule has 2 fully saturated rings. The molecule has 2 aromatic rings. The van der Waals surface area contributed by atoms with Crippen molar-refractivity contribution in [2.75, 3.05) is 0 Å². The van der Waals surface area contributed by atoms with Crippen LogP contribution in [0.5, 0.6) is 0 Å². The number of imidazole rings is 1. The van der Waals surface area contributed by atoms with Crippen LogP contribution in [-0.4, -0.2) is 37.7 Å². The number of aliphatic hydroxyl groups is 1. The molecule has 2 N–H and O–H groups in total. The van der Waals surface area contributed by atoms with Gasteiger partial charge in [0, 0.05) is 18.3 Å². The molecule has 2 heterocycles. The number of nitrogens with zero attached hydrogens (tertiary/aromatic N) is 3. The maximum absolute atomic E-state index is 12.2. The van der Waals surface area contributed by atoms with Crippen molar-refractivity contribution in [3.63, 3.8) is 0 Å². The maximum atomic E-state index is 12.2. The quantitative estimate of drug-likeness (QED) is 0.906. The van der Waals surface area contributed by atoms with Crippen LogP contribution in [0.4, 0.5) is 0 Å². The first-order valence-corrected chi connectivity index (χ1v) is 8.02. The van der Waals surface area contributed by atoms with Crippen molar-refractivity contribution in [2.45, 2.75) is 56.7 Å². The molecule has 0 atom stereocenters. The van der Waals surface area contributed by atoms with Gasteiger partial charge in [0.25, 0.3) is 5.91 Å². The van der Waals surface area contributed by atoms with Crippen molar-refractivity contribution in [1.29, 1.82) is 0 Å². The lowest BCUT2D eigenvalue weighted by molar-refractivity contribution is 0.0562. The predicted octanol–water partition coefficient (Wildman–Crippen LogP) is 1.80. The minimum Gasteiger partial charge on any atom is -0.393 e. The van der Waals surface area contributed by atoms with E-state index in [0.29, 0.717) is 24.4 Å². The Morgan fingerprint density at radius 3 is 2.77 bits per heavy atom. The smallest absolute Gasteiger partial charge is 0.253 e. The number of carbonyl (C=O) groups excluding carboxylic acids is 1. The zero-order valence-electron chi connectivity index (χ0n) is 12.4. The van der Waals surface area contributed by atoms with Gasteiger partial charge < -0.3 is 15.0 Å². The summed E-state index contributed by atoms with van der Waals surface area (Å²) in [5.41, 5.74) is 2.17. The third-order valence-corrected chi connectivity index (χ3v) is 4.84. The SMILES string of the molecule is O=C(NC1CC(O)C1)c1cnc2c(c1)ncn2C1CCCC1. The number of hydrogen-bond acceptors (Lipinski definition) is 4. The van der Waals surface area contributed by atoms with E-state index >= 15 is 0 Å². The van der Waals surface area contributed by atoms with Gasteiger partial charge in [-0.2, -0.15) is 0 Å². The fraction of sp³-hybridized carbons (Fsp3) is 0.562. The van der Waals surface area contributed by atoms with Gasteiger partial charge in [0.2, 0.25) is 0 Å². The number of hydrogen-bond donors (Lipinski definition) is 2. The van der Waals surface area contributed by atoms with Crippen LogP contribution in [0.2, 0.25) is 0 Å². The van der Waals surface area contributed by atoms with E-state index in [0.717, 1.165) is 11.2 Å². The molecule has 4 rings (SSSR count). The lowest BCUT2D eigenvalue weighted by Crippen LogP contribution is -2.46. The Morgan fingerprint density at radius 2 is 2.05 bits per heavy atom. The van der Waals surface area contributed by atoms with Gasteiger partial charge in [-0.3, -0.25) is 4.79 Å². The highest BCUT2D eigenvalue weighted by Gasteiger charge is 2.29. The fourth-order valence-corrected chi connectivity index (χ4v) is 3.47. The first-order chi connectivity index (χ1) is 10.7. The second kappa shape index (κ2) is 5.35. The number of amides is 1. The normalized spacial score (nSPS) is 25.3. The zero-order chi connectivity index (χ0) is 15.1. The number of nitrogens with one attached hydrogen (secondary N) is 1. The molecule has 0 aromatic carbocycles. The molecule has 0 radical (unpaired) electrons. The largest absolute Gasteiger partial charge is 0.393 e. The van der Waals surface area contributed by atoms with E-state index in [1.54, 1.807) is 12.3 Å². The Kier molecular flexibility index (Phi) is 3.33. The molecular formula is C16H20N4O2. The highest BCUT2D eigenvalue weighted by atomic mass is 16.3. The first kappa shape index (κ1) is 13.7. The molecule has 1 amide bonds. The van der Waals surface area contributed by atoms with Crippen molar-refractivity contribution < 1.29 is 9.90 Å². The second-order valence-corrected chi connectivity index (χ2v) is 6.45. The molecule has 0 aliphatic heterocycles. The van der Waals surface area contributed by atoms with Crippen molar-refractivity contribution in [2.24, 2.45) is 0 Å². The molecule has 6 nitrogen and oxygen atoms in total. The number of aromatic nitrogens is 3. The minimum absolute atomic E-state index is 0.0780. The molecule has 2 aliphatic rings. The monoisotopic (exact) mass is 300 g/mol. The molecule has 6 heteroatoms. The molecule has 2 aliphatic carbocycles. The van der Waals surface area contributed by atoms with Crippen LogP contribution in [0.3, 0.4) is 0 Å². The minimum atomic E-state index is -0.270. The second-order valence-electron chi connectivity index (χ2n) is 6.45. The topological polar surface area (TPSA) is 80.0 Å². The van der Waals surface area contributed by atoms with Gasteiger partial charge in [0.05, 0.1) is 18.0 Å². The van der Waals surface area contributed by atoms with E-state index in [1.807, 2.05) is 6.33 Å². The van der Waals surface area contributed by atoms with Crippen LogP contribution in [0.15, 0.2) is 18.6 Å². The molecular weight excluding hydrogens is 280 g/mol. The summed E-state index contributed by atoms with van der Waals surface area (Å²) in [6.45, 7) is 0. The highest BCUT2D eigenvalue weighted by Crippen LogP contribution is 2.31. The highest BCUT2D eigenvalue weighted by molar-refractivity contribution is 5.96. The van der Waals surface area contributed by atoms with E-state index in [9.17, 15) is 9.90 Å². The number of fused-ring (bicyclic) bond motifs is 1. The molecule has 116 valence electrons. The van der Waals surface area contributed by atoms with Gasteiger partial charge in [-0.1, -0.05) is 12.8 Å². The summed E-state index contributed by atoms with van der Waals surface area (Å²) in [5, 5.41) is 12.2. The Morgan fingerprint density at radius 1 is 1.27 bits per heavy atom. The van der Waals surface area contributed by atoms with Crippen LogP contribution < -0.4 is 5.32 Å². The first-order valence-electron chi connectivity index (χ1n) is 8.02. The molecule has 2 saturated carbocycles. The van der Waals surface area contributed by atoms with Gasteiger partial charge in [-0.05, 0) is 31.7 Å². The van der Waals surface area contributed by atoms with Crippen molar-refractivity contribution >= 4 is 17.1 Å². The summed E-state index contributed by atoms with van der Waals surface area (Å²) >= 11 is 0. The van der Waals surface area contributed by atoms with Crippen molar-refractivity contribution in [1.82, 2.24) is 19.9 Å². The van der Waals surface area contributed by atoms with Gasteiger partial charge in [0.15, 0.2) is 5.65 Å². The maximum Gasteiger partial charge on any atom is 0.253 e. The lowest BCUT2D eigenvalue weighted by Gasteiger charge is -2.31. The third kappa shape index (κ3) is 2.37. The Labute approximate surface area is 128 Å². The lowest BCUT2D eigenvalue weighted by atomic mass is 9.89. The Bertz CT molecular complexity index is 699. The van der Waals surface area contributed by atoms with Crippen LogP contribution >= 0.6 is 0 Å². The van der Waals surface area contributed by atoms with Gasteiger partial charge in [-0.15, -0.1) is 0 Å². The third-order valence-electron chi connectivity index (χ3n) is 4.84. The van der Waals surface area contributed by atoms with Crippen LogP contribution in [0, 0.1) is 0 Å². The van der Waals surface area contributed by atoms with E-state index in [4.69, 9.17) is 0 Å². The van der Waals surface area contributed by atoms with E-state index in [2.05, 4.69) is 19.9 Å². The summed E-state index contributed by atoms with van der Waals surface area (Å²) in [4.78, 5) is 21.1. The number of pyridine rings is 1. The molecule has 2 aromatic heterocycles. The van der Waals surface area contributed by atoms with Crippen molar-refractivity contribution in [3.05, 3.63) is 24.2 Å².